The van der Waals surface area contributed by atoms with E-state index in [0.717, 1.165) is 24.8 Å². The Hall–Kier alpha value is -1.40. The lowest BCUT2D eigenvalue weighted by Gasteiger charge is -2.30. The summed E-state index contributed by atoms with van der Waals surface area (Å²) in [6.07, 6.45) is 4.06. The van der Waals surface area contributed by atoms with E-state index in [-0.39, 0.29) is 23.4 Å². The van der Waals surface area contributed by atoms with Gasteiger partial charge in [-0.3, -0.25) is 4.21 Å². The molecule has 1 fully saturated rings. The molecule has 1 saturated heterocycles. The molecule has 2 amide bonds. The molecule has 1 aromatic rings. The van der Waals surface area contributed by atoms with Gasteiger partial charge in [-0.2, -0.15) is 0 Å². The zero-order valence-corrected chi connectivity index (χ0v) is 14.6. The van der Waals surface area contributed by atoms with E-state index in [9.17, 15) is 9.00 Å². The van der Waals surface area contributed by atoms with Crippen LogP contribution in [0.2, 0.25) is 0 Å². The monoisotopic (exact) mass is 338 g/mol. The average molecular weight is 338 g/mol. The van der Waals surface area contributed by atoms with Crippen molar-refractivity contribution in [1.29, 1.82) is 0 Å². The quantitative estimate of drug-likeness (QED) is 0.837. The van der Waals surface area contributed by atoms with Gasteiger partial charge in [-0.1, -0.05) is 37.3 Å². The summed E-state index contributed by atoms with van der Waals surface area (Å²) in [5.41, 5.74) is 1.15. The summed E-state index contributed by atoms with van der Waals surface area (Å²) >= 11 is 0. The van der Waals surface area contributed by atoms with Gasteiger partial charge < -0.3 is 15.4 Å². The Bertz CT molecular complexity index is 524. The van der Waals surface area contributed by atoms with Crippen molar-refractivity contribution in [3.05, 3.63) is 35.9 Å². The van der Waals surface area contributed by atoms with Crippen molar-refractivity contribution >= 4 is 16.8 Å². The van der Waals surface area contributed by atoms with Crippen LogP contribution in [0.3, 0.4) is 0 Å². The Balaban J connectivity index is 1.74. The number of urea groups is 1. The fourth-order valence-corrected chi connectivity index (χ4v) is 3.07. The van der Waals surface area contributed by atoms with Crippen LogP contribution in [0.1, 0.15) is 37.9 Å². The van der Waals surface area contributed by atoms with Crippen LogP contribution in [-0.2, 0) is 15.5 Å². The number of rotatable bonds is 6. The second kappa shape index (κ2) is 9.03. The largest absolute Gasteiger partial charge is 0.373 e. The van der Waals surface area contributed by atoms with Gasteiger partial charge in [0.2, 0.25) is 0 Å². The fraction of sp³-hybridized carbons (Fsp3) is 0.588. The number of nitrogens with one attached hydrogen (secondary N) is 2. The molecular weight excluding hydrogens is 312 g/mol. The maximum Gasteiger partial charge on any atom is 0.315 e. The van der Waals surface area contributed by atoms with Gasteiger partial charge >= 0.3 is 6.03 Å². The van der Waals surface area contributed by atoms with Crippen LogP contribution in [0, 0.1) is 0 Å². The van der Waals surface area contributed by atoms with Crippen LogP contribution < -0.4 is 10.6 Å². The number of ether oxygens (including phenoxy) is 1. The molecule has 0 spiro atoms. The van der Waals surface area contributed by atoms with E-state index in [1.165, 1.54) is 0 Å². The second-order valence-corrected chi connectivity index (χ2v) is 7.79. The molecule has 1 aliphatic heterocycles. The van der Waals surface area contributed by atoms with Crippen LogP contribution in [0.15, 0.2) is 30.3 Å². The molecule has 2 rings (SSSR count). The highest BCUT2D eigenvalue weighted by Gasteiger charge is 2.24. The van der Waals surface area contributed by atoms with Gasteiger partial charge in [0.15, 0.2) is 0 Å². The van der Waals surface area contributed by atoms with Crippen LogP contribution in [0.5, 0.6) is 0 Å². The summed E-state index contributed by atoms with van der Waals surface area (Å²) in [7, 11) is -0.845. The van der Waals surface area contributed by atoms with E-state index in [1.807, 2.05) is 25.1 Å². The topological polar surface area (TPSA) is 67.4 Å². The van der Waals surface area contributed by atoms with Crippen molar-refractivity contribution in [1.82, 2.24) is 10.6 Å². The first-order valence-electron chi connectivity index (χ1n) is 8.09. The molecule has 5 nitrogen and oxygen atoms in total. The predicted molar refractivity (Wildman–Crippen MR) is 92.8 cm³/mol. The minimum atomic E-state index is -0.845. The smallest absolute Gasteiger partial charge is 0.315 e. The van der Waals surface area contributed by atoms with E-state index in [2.05, 4.69) is 22.8 Å². The number of benzene rings is 1. The van der Waals surface area contributed by atoms with Crippen molar-refractivity contribution in [2.24, 2.45) is 0 Å². The zero-order valence-electron chi connectivity index (χ0n) is 13.8. The molecule has 128 valence electrons. The van der Waals surface area contributed by atoms with E-state index in [4.69, 9.17) is 4.74 Å². The summed E-state index contributed by atoms with van der Waals surface area (Å²) in [5, 5.41) is 5.96. The molecule has 1 aromatic carbocycles. The number of hydrogen-bond acceptors (Lipinski definition) is 3. The predicted octanol–water partition coefficient (Wildman–Crippen LogP) is 2.36. The Labute approximate surface area is 140 Å². The third-order valence-corrected chi connectivity index (χ3v) is 5.56. The highest BCUT2D eigenvalue weighted by Crippen LogP contribution is 2.27. The van der Waals surface area contributed by atoms with Gasteiger partial charge in [0.25, 0.3) is 0 Å². The normalized spacial score (nSPS) is 23.7. The van der Waals surface area contributed by atoms with Gasteiger partial charge in [-0.25, -0.2) is 4.79 Å². The maximum absolute atomic E-state index is 12.0. The molecule has 0 bridgehead atoms. The molecule has 0 aromatic heterocycles. The Morgan fingerprint density at radius 1 is 1.39 bits per heavy atom. The van der Waals surface area contributed by atoms with E-state index < -0.39 is 10.8 Å². The first-order chi connectivity index (χ1) is 11.1. The van der Waals surface area contributed by atoms with E-state index >= 15 is 0 Å². The van der Waals surface area contributed by atoms with Gasteiger partial charge in [-0.05, 0) is 24.8 Å². The zero-order chi connectivity index (χ0) is 16.7. The molecular formula is C17H26N2O3S. The number of amides is 2. The van der Waals surface area contributed by atoms with Crippen molar-refractivity contribution in [2.45, 2.75) is 43.6 Å². The molecule has 1 heterocycles. The standard InChI is InChI=1S/C17H26N2O3S/c1-13(23(2)21)8-10-18-17(20)19-15-9-11-22-16(12-15)14-6-4-3-5-7-14/h3-7,13,15-16H,8-12H2,1-2H3,(H2,18,19,20)/t13-,15-,16-,23-/m1/s1. The fourth-order valence-electron chi connectivity index (χ4n) is 2.62. The number of hydrogen-bond donors (Lipinski definition) is 2. The van der Waals surface area contributed by atoms with Crippen LogP contribution in [-0.4, -0.2) is 40.9 Å². The molecule has 0 aliphatic carbocycles. The lowest BCUT2D eigenvalue weighted by molar-refractivity contribution is 0.00227. The third kappa shape index (κ3) is 5.95. The van der Waals surface area contributed by atoms with Gasteiger partial charge in [0, 0.05) is 41.5 Å². The number of carbonyl (C=O) groups is 1. The molecule has 0 radical (unpaired) electrons. The van der Waals surface area contributed by atoms with Crippen LogP contribution in [0.25, 0.3) is 0 Å². The molecule has 23 heavy (non-hydrogen) atoms. The Morgan fingerprint density at radius 3 is 2.83 bits per heavy atom. The molecule has 2 N–H and O–H groups in total. The molecule has 0 unspecified atom stereocenters. The minimum Gasteiger partial charge on any atom is -0.373 e. The van der Waals surface area contributed by atoms with Crippen molar-refractivity contribution in [3.8, 4) is 0 Å². The van der Waals surface area contributed by atoms with Crippen molar-refractivity contribution in [3.63, 3.8) is 0 Å². The summed E-state index contributed by atoms with van der Waals surface area (Å²) in [4.78, 5) is 12.0. The summed E-state index contributed by atoms with van der Waals surface area (Å²) in [6.45, 7) is 3.12. The first-order valence-corrected chi connectivity index (χ1v) is 9.71. The molecule has 0 saturated carbocycles. The molecule has 1 aliphatic rings. The van der Waals surface area contributed by atoms with Crippen molar-refractivity contribution < 1.29 is 13.7 Å². The summed E-state index contributed by atoms with van der Waals surface area (Å²) < 4.78 is 17.1. The Kier molecular flexibility index (Phi) is 7.05. The van der Waals surface area contributed by atoms with Crippen molar-refractivity contribution in [2.75, 3.05) is 19.4 Å². The minimum absolute atomic E-state index is 0.0396. The number of carbonyl (C=O) groups excluding carboxylic acids is 1. The van der Waals surface area contributed by atoms with Crippen LogP contribution >= 0.6 is 0 Å². The highest BCUT2D eigenvalue weighted by atomic mass is 32.2. The van der Waals surface area contributed by atoms with Gasteiger partial charge in [-0.15, -0.1) is 0 Å². The van der Waals surface area contributed by atoms with E-state index in [1.54, 1.807) is 6.26 Å². The SMILES string of the molecule is C[C@H](CCNC(=O)N[C@@H]1CCO[C@@H](c2ccccc2)C1)[S@@](C)=O. The first kappa shape index (κ1) is 17.9. The lowest BCUT2D eigenvalue weighted by atomic mass is 9.97. The molecule has 6 heteroatoms. The maximum atomic E-state index is 12.0. The third-order valence-electron chi connectivity index (χ3n) is 4.19. The van der Waals surface area contributed by atoms with E-state index in [0.29, 0.717) is 13.2 Å². The van der Waals surface area contributed by atoms with Gasteiger partial charge in [0.05, 0.1) is 6.10 Å². The lowest BCUT2D eigenvalue weighted by Crippen LogP contribution is -2.45. The molecule has 4 atom stereocenters. The van der Waals surface area contributed by atoms with Crippen LogP contribution in [0.4, 0.5) is 4.79 Å². The summed E-state index contributed by atoms with van der Waals surface area (Å²) in [6, 6.07) is 10.1. The second-order valence-electron chi connectivity index (χ2n) is 5.99. The Morgan fingerprint density at radius 2 is 2.13 bits per heavy atom. The highest BCUT2D eigenvalue weighted by molar-refractivity contribution is 7.84. The summed E-state index contributed by atoms with van der Waals surface area (Å²) in [5.74, 6) is 0. The average Bonchev–Trinajstić information content (AvgIpc) is 2.55. The van der Waals surface area contributed by atoms with Gasteiger partial charge in [0.1, 0.15) is 0 Å².